The van der Waals surface area contributed by atoms with Crippen molar-refractivity contribution in [2.45, 2.75) is 0 Å². The SMILES string of the molecule is CN(C)C(=O)Oc1ccc(/C=N/NC(=O)c2ccc(O)cc2)cc1. The summed E-state index contributed by atoms with van der Waals surface area (Å²) in [7, 11) is 3.19. The summed E-state index contributed by atoms with van der Waals surface area (Å²) in [6.45, 7) is 0. The van der Waals surface area contributed by atoms with Gasteiger partial charge in [-0.2, -0.15) is 5.10 Å². The number of hydrogen-bond acceptors (Lipinski definition) is 5. The summed E-state index contributed by atoms with van der Waals surface area (Å²) in [5.41, 5.74) is 3.50. The van der Waals surface area contributed by atoms with Crippen LogP contribution in [0.1, 0.15) is 15.9 Å². The second kappa shape index (κ2) is 7.77. The third-order valence-electron chi connectivity index (χ3n) is 2.96. The Labute approximate surface area is 139 Å². The molecule has 0 radical (unpaired) electrons. The molecule has 0 aliphatic carbocycles. The van der Waals surface area contributed by atoms with E-state index in [1.54, 1.807) is 38.4 Å². The zero-order valence-electron chi connectivity index (χ0n) is 13.3. The van der Waals surface area contributed by atoms with Gasteiger partial charge >= 0.3 is 6.09 Å². The van der Waals surface area contributed by atoms with Crippen molar-refractivity contribution in [3.8, 4) is 11.5 Å². The minimum Gasteiger partial charge on any atom is -0.508 e. The molecule has 124 valence electrons. The predicted octanol–water partition coefficient (Wildman–Crippen LogP) is 2.22. The van der Waals surface area contributed by atoms with Crippen LogP contribution < -0.4 is 10.2 Å². The molecule has 2 N–H and O–H groups in total. The highest BCUT2D eigenvalue weighted by atomic mass is 16.6. The average molecular weight is 327 g/mol. The maximum Gasteiger partial charge on any atom is 0.414 e. The highest BCUT2D eigenvalue weighted by Gasteiger charge is 2.06. The van der Waals surface area contributed by atoms with Crippen LogP contribution in [0.5, 0.6) is 11.5 Å². The van der Waals surface area contributed by atoms with E-state index in [1.165, 1.54) is 35.4 Å². The number of amides is 2. The normalized spacial score (nSPS) is 10.4. The second-order valence-corrected chi connectivity index (χ2v) is 5.08. The van der Waals surface area contributed by atoms with Crippen LogP contribution in [0.25, 0.3) is 0 Å². The van der Waals surface area contributed by atoms with Gasteiger partial charge < -0.3 is 14.7 Å². The number of hydrogen-bond donors (Lipinski definition) is 2. The monoisotopic (exact) mass is 327 g/mol. The molecule has 24 heavy (non-hydrogen) atoms. The van der Waals surface area contributed by atoms with Crippen molar-refractivity contribution in [3.63, 3.8) is 0 Å². The average Bonchev–Trinajstić information content (AvgIpc) is 2.56. The van der Waals surface area contributed by atoms with Gasteiger partial charge in [0.1, 0.15) is 11.5 Å². The Morgan fingerprint density at radius 2 is 1.71 bits per heavy atom. The molecule has 2 rings (SSSR count). The first kappa shape index (κ1) is 17.0. The Kier molecular flexibility index (Phi) is 5.51. The molecule has 0 aromatic heterocycles. The lowest BCUT2D eigenvalue weighted by atomic mass is 10.2. The number of aromatic hydroxyl groups is 1. The van der Waals surface area contributed by atoms with E-state index in [4.69, 9.17) is 4.74 Å². The van der Waals surface area contributed by atoms with E-state index in [0.29, 0.717) is 11.3 Å². The van der Waals surface area contributed by atoms with Crippen molar-refractivity contribution in [1.82, 2.24) is 10.3 Å². The maximum absolute atomic E-state index is 11.8. The zero-order chi connectivity index (χ0) is 17.5. The van der Waals surface area contributed by atoms with Gasteiger partial charge in [0.15, 0.2) is 0 Å². The lowest BCUT2D eigenvalue weighted by Crippen LogP contribution is -2.25. The molecule has 2 aromatic carbocycles. The first-order valence-corrected chi connectivity index (χ1v) is 7.07. The molecule has 2 amide bonds. The zero-order valence-corrected chi connectivity index (χ0v) is 13.3. The fourth-order valence-corrected chi connectivity index (χ4v) is 1.66. The Balaban J connectivity index is 1.91. The smallest absolute Gasteiger partial charge is 0.414 e. The summed E-state index contributed by atoms with van der Waals surface area (Å²) >= 11 is 0. The summed E-state index contributed by atoms with van der Waals surface area (Å²) in [5, 5.41) is 13.0. The van der Waals surface area contributed by atoms with Gasteiger partial charge in [0, 0.05) is 19.7 Å². The largest absolute Gasteiger partial charge is 0.508 e. The van der Waals surface area contributed by atoms with E-state index in [1.807, 2.05) is 0 Å². The quantitative estimate of drug-likeness (QED) is 0.665. The summed E-state index contributed by atoms with van der Waals surface area (Å²) in [6.07, 6.45) is 1.01. The number of phenolic OH excluding ortho intramolecular Hbond substituents is 1. The number of rotatable bonds is 4. The van der Waals surface area contributed by atoms with Gasteiger partial charge in [-0.15, -0.1) is 0 Å². The van der Waals surface area contributed by atoms with Crippen molar-refractivity contribution in [3.05, 3.63) is 59.7 Å². The van der Waals surface area contributed by atoms with Crippen LogP contribution in [0.4, 0.5) is 4.79 Å². The van der Waals surface area contributed by atoms with Crippen LogP contribution in [-0.2, 0) is 0 Å². The molecule has 7 nitrogen and oxygen atoms in total. The molecule has 0 heterocycles. The van der Waals surface area contributed by atoms with Crippen molar-refractivity contribution in [1.29, 1.82) is 0 Å². The van der Waals surface area contributed by atoms with Gasteiger partial charge in [-0.1, -0.05) is 0 Å². The molecule has 0 aliphatic rings. The third kappa shape index (κ3) is 4.84. The highest BCUT2D eigenvalue weighted by Crippen LogP contribution is 2.12. The van der Waals surface area contributed by atoms with Crippen molar-refractivity contribution < 1.29 is 19.4 Å². The predicted molar refractivity (Wildman–Crippen MR) is 89.3 cm³/mol. The molecular weight excluding hydrogens is 310 g/mol. The van der Waals surface area contributed by atoms with Gasteiger partial charge in [-0.05, 0) is 54.1 Å². The Bertz CT molecular complexity index is 737. The van der Waals surface area contributed by atoms with Crippen molar-refractivity contribution in [2.75, 3.05) is 14.1 Å². The second-order valence-electron chi connectivity index (χ2n) is 5.08. The van der Waals surface area contributed by atoms with Crippen LogP contribution in [-0.4, -0.2) is 42.3 Å². The number of benzene rings is 2. The number of nitrogens with zero attached hydrogens (tertiary/aromatic N) is 2. The number of nitrogens with one attached hydrogen (secondary N) is 1. The minimum atomic E-state index is -0.461. The van der Waals surface area contributed by atoms with E-state index >= 15 is 0 Å². The fourth-order valence-electron chi connectivity index (χ4n) is 1.66. The van der Waals surface area contributed by atoms with Gasteiger partial charge in [0.2, 0.25) is 0 Å². The lowest BCUT2D eigenvalue weighted by molar-refractivity contribution is 0.0955. The number of phenols is 1. The molecule has 0 fully saturated rings. The maximum atomic E-state index is 11.8. The van der Waals surface area contributed by atoms with Crippen LogP contribution >= 0.6 is 0 Å². The fraction of sp³-hybridized carbons (Fsp3) is 0.118. The number of hydrazone groups is 1. The minimum absolute atomic E-state index is 0.0881. The highest BCUT2D eigenvalue weighted by molar-refractivity contribution is 5.95. The molecule has 2 aromatic rings. The van der Waals surface area contributed by atoms with Crippen LogP contribution in [0.3, 0.4) is 0 Å². The summed E-state index contributed by atoms with van der Waals surface area (Å²) in [5.74, 6) is 0.117. The van der Waals surface area contributed by atoms with E-state index < -0.39 is 6.09 Å². The van der Waals surface area contributed by atoms with Gasteiger partial charge in [0.25, 0.3) is 5.91 Å². The van der Waals surface area contributed by atoms with Crippen molar-refractivity contribution in [2.24, 2.45) is 5.10 Å². The van der Waals surface area contributed by atoms with Crippen LogP contribution in [0, 0.1) is 0 Å². The first-order chi connectivity index (χ1) is 11.5. The summed E-state index contributed by atoms with van der Waals surface area (Å²) in [6, 6.07) is 12.5. The molecule has 0 saturated carbocycles. The standard InChI is InChI=1S/C17H17N3O4/c1-20(2)17(23)24-15-9-3-12(4-10-15)11-18-19-16(22)13-5-7-14(21)8-6-13/h3-11,21H,1-2H3,(H,19,22)/b18-11+. The van der Waals surface area contributed by atoms with E-state index in [0.717, 1.165) is 5.56 Å². The van der Waals surface area contributed by atoms with E-state index in [2.05, 4.69) is 10.5 Å². The Hall–Kier alpha value is -3.35. The van der Waals surface area contributed by atoms with Crippen LogP contribution in [0.2, 0.25) is 0 Å². The topological polar surface area (TPSA) is 91.2 Å². The number of ether oxygens (including phenoxy) is 1. The third-order valence-corrected chi connectivity index (χ3v) is 2.96. The Morgan fingerprint density at radius 1 is 1.08 bits per heavy atom. The van der Waals surface area contributed by atoms with Gasteiger partial charge in [-0.25, -0.2) is 10.2 Å². The number of carbonyl (C=O) groups is 2. The molecule has 0 aliphatic heterocycles. The van der Waals surface area contributed by atoms with Gasteiger partial charge in [0.05, 0.1) is 6.21 Å². The Morgan fingerprint density at radius 3 is 2.29 bits per heavy atom. The molecule has 0 unspecified atom stereocenters. The summed E-state index contributed by atoms with van der Waals surface area (Å²) in [4.78, 5) is 24.6. The molecule has 0 bridgehead atoms. The van der Waals surface area contributed by atoms with Crippen LogP contribution in [0.15, 0.2) is 53.6 Å². The van der Waals surface area contributed by atoms with Gasteiger partial charge in [-0.3, -0.25) is 4.79 Å². The first-order valence-electron chi connectivity index (χ1n) is 7.07. The molecule has 0 spiro atoms. The molecule has 0 atom stereocenters. The molecule has 7 heteroatoms. The molecule has 0 saturated heterocycles. The molecular formula is C17H17N3O4. The lowest BCUT2D eigenvalue weighted by Gasteiger charge is -2.10. The summed E-state index contributed by atoms with van der Waals surface area (Å²) < 4.78 is 5.09. The number of carbonyl (C=O) groups excluding carboxylic acids is 2. The van der Waals surface area contributed by atoms with E-state index in [-0.39, 0.29) is 11.7 Å². The van der Waals surface area contributed by atoms with Crippen molar-refractivity contribution >= 4 is 18.2 Å². The van der Waals surface area contributed by atoms with E-state index in [9.17, 15) is 14.7 Å².